The van der Waals surface area contributed by atoms with Crippen LogP contribution in [0.3, 0.4) is 0 Å². The van der Waals surface area contributed by atoms with Crippen LogP contribution < -0.4 is 9.47 Å². The van der Waals surface area contributed by atoms with E-state index in [4.69, 9.17) is 9.47 Å². The van der Waals surface area contributed by atoms with Crippen LogP contribution >= 0.6 is 0 Å². The molecular formula is C21H25NO3. The van der Waals surface area contributed by atoms with Crippen molar-refractivity contribution < 1.29 is 14.3 Å². The number of methoxy groups -OCH3 is 1. The molecule has 0 N–H and O–H groups in total. The van der Waals surface area contributed by atoms with Crippen molar-refractivity contribution in [1.29, 1.82) is 0 Å². The van der Waals surface area contributed by atoms with Gasteiger partial charge in [0.15, 0.2) is 11.5 Å². The van der Waals surface area contributed by atoms with Gasteiger partial charge in [0.1, 0.15) is 6.61 Å². The molecule has 4 heteroatoms. The molecule has 0 saturated heterocycles. The summed E-state index contributed by atoms with van der Waals surface area (Å²) in [7, 11) is 1.64. The molecular weight excluding hydrogens is 314 g/mol. The van der Waals surface area contributed by atoms with Crippen molar-refractivity contribution in [1.82, 2.24) is 4.90 Å². The Bertz CT molecular complexity index is 714. The third-order valence-corrected chi connectivity index (χ3v) is 4.76. The molecule has 0 bridgehead atoms. The van der Waals surface area contributed by atoms with Gasteiger partial charge in [0.2, 0.25) is 5.91 Å². The molecule has 0 radical (unpaired) electrons. The molecule has 1 aliphatic heterocycles. The van der Waals surface area contributed by atoms with Crippen molar-refractivity contribution in [3.05, 3.63) is 59.7 Å². The van der Waals surface area contributed by atoms with Gasteiger partial charge in [-0.25, -0.2) is 0 Å². The maximum absolute atomic E-state index is 12.7. The van der Waals surface area contributed by atoms with Crippen molar-refractivity contribution in [3.8, 4) is 11.5 Å². The molecule has 0 aliphatic carbocycles. The number of para-hydroxylation sites is 1. The molecule has 0 saturated carbocycles. The van der Waals surface area contributed by atoms with Crippen molar-refractivity contribution in [2.24, 2.45) is 0 Å². The van der Waals surface area contributed by atoms with Crippen LogP contribution in [-0.4, -0.2) is 31.1 Å². The molecule has 1 atom stereocenters. The quantitative estimate of drug-likeness (QED) is 0.826. The highest BCUT2D eigenvalue weighted by molar-refractivity contribution is 5.76. The van der Waals surface area contributed by atoms with E-state index in [2.05, 4.69) is 19.1 Å². The fourth-order valence-electron chi connectivity index (χ4n) is 3.21. The highest BCUT2D eigenvalue weighted by Gasteiger charge is 2.22. The summed E-state index contributed by atoms with van der Waals surface area (Å²) in [5, 5.41) is 0. The Hall–Kier alpha value is -2.49. The minimum atomic E-state index is 0.182. The minimum Gasteiger partial charge on any atom is -0.493 e. The van der Waals surface area contributed by atoms with Gasteiger partial charge in [0.05, 0.1) is 13.7 Å². The monoisotopic (exact) mass is 339 g/mol. The summed E-state index contributed by atoms with van der Waals surface area (Å²) in [6.07, 6.45) is 1.40. The van der Waals surface area contributed by atoms with Gasteiger partial charge in [-0.3, -0.25) is 4.79 Å². The zero-order valence-electron chi connectivity index (χ0n) is 14.9. The fraction of sp³-hybridized carbons (Fsp3) is 0.381. The average molecular weight is 339 g/mol. The Morgan fingerprint density at radius 1 is 1.20 bits per heavy atom. The number of benzene rings is 2. The lowest BCUT2D eigenvalue weighted by Gasteiger charge is -2.21. The number of ether oxygens (including phenoxy) is 2. The number of rotatable bonds is 5. The molecule has 1 heterocycles. The Morgan fingerprint density at radius 2 is 2.00 bits per heavy atom. The lowest BCUT2D eigenvalue weighted by molar-refractivity contribution is -0.132. The number of fused-ring (bicyclic) bond motifs is 1. The number of carbonyl (C=O) groups is 1. The van der Waals surface area contributed by atoms with E-state index in [0.29, 0.717) is 32.0 Å². The lowest BCUT2D eigenvalue weighted by Crippen LogP contribution is -2.32. The van der Waals surface area contributed by atoms with Gasteiger partial charge >= 0.3 is 0 Å². The van der Waals surface area contributed by atoms with Gasteiger partial charge in [-0.2, -0.15) is 0 Å². The Morgan fingerprint density at radius 3 is 2.76 bits per heavy atom. The summed E-state index contributed by atoms with van der Waals surface area (Å²) in [6.45, 7) is 3.85. The van der Waals surface area contributed by atoms with Gasteiger partial charge in [-0.05, 0) is 24.0 Å². The second-order valence-corrected chi connectivity index (χ2v) is 6.46. The van der Waals surface area contributed by atoms with Crippen molar-refractivity contribution in [3.63, 3.8) is 0 Å². The van der Waals surface area contributed by atoms with Crippen LogP contribution in [0, 0.1) is 0 Å². The van der Waals surface area contributed by atoms with E-state index < -0.39 is 0 Å². The van der Waals surface area contributed by atoms with Gasteiger partial charge in [0, 0.05) is 18.5 Å². The van der Waals surface area contributed by atoms with Crippen LogP contribution in [0.1, 0.15) is 36.8 Å². The molecule has 1 unspecified atom stereocenters. The van der Waals surface area contributed by atoms with Gasteiger partial charge < -0.3 is 14.4 Å². The van der Waals surface area contributed by atoms with E-state index in [1.807, 2.05) is 41.3 Å². The van der Waals surface area contributed by atoms with E-state index >= 15 is 0 Å². The highest BCUT2D eigenvalue weighted by Crippen LogP contribution is 2.33. The normalized spacial score (nSPS) is 14.9. The number of carbonyl (C=O) groups excluding carboxylic acids is 1. The third-order valence-electron chi connectivity index (χ3n) is 4.76. The van der Waals surface area contributed by atoms with Gasteiger partial charge in [-0.15, -0.1) is 0 Å². The third kappa shape index (κ3) is 4.13. The topological polar surface area (TPSA) is 38.8 Å². The summed E-state index contributed by atoms with van der Waals surface area (Å²) < 4.78 is 11.2. The SMILES string of the molecule is COc1cccc2c1OCCN(C(=O)CCC(C)c1ccccc1)C2. The smallest absolute Gasteiger partial charge is 0.223 e. The predicted octanol–water partition coefficient (Wildman–Crippen LogP) is 4.00. The van der Waals surface area contributed by atoms with Crippen molar-refractivity contribution in [2.75, 3.05) is 20.3 Å². The second-order valence-electron chi connectivity index (χ2n) is 6.46. The molecule has 1 aliphatic rings. The van der Waals surface area contributed by atoms with Crippen LogP contribution in [0.25, 0.3) is 0 Å². The molecule has 2 aromatic carbocycles. The number of hydrogen-bond donors (Lipinski definition) is 0. The Balaban J connectivity index is 1.62. The maximum atomic E-state index is 12.7. The summed E-state index contributed by atoms with van der Waals surface area (Å²) >= 11 is 0. The lowest BCUT2D eigenvalue weighted by atomic mass is 9.96. The van der Waals surface area contributed by atoms with Crippen LogP contribution in [0.5, 0.6) is 11.5 Å². The zero-order valence-corrected chi connectivity index (χ0v) is 14.9. The standard InChI is InChI=1S/C21H25NO3/c1-16(17-7-4-3-5-8-17)11-12-20(23)22-13-14-25-21-18(15-22)9-6-10-19(21)24-2/h3-10,16H,11-15H2,1-2H3. The van der Waals surface area contributed by atoms with Crippen LogP contribution in [0.15, 0.2) is 48.5 Å². The van der Waals surface area contributed by atoms with Crippen molar-refractivity contribution in [2.45, 2.75) is 32.2 Å². The molecule has 0 aromatic heterocycles. The summed E-state index contributed by atoms with van der Waals surface area (Å²) in [6, 6.07) is 16.2. The molecule has 25 heavy (non-hydrogen) atoms. The van der Waals surface area contributed by atoms with Crippen LogP contribution in [-0.2, 0) is 11.3 Å². The zero-order chi connectivity index (χ0) is 17.6. The Labute approximate surface area is 149 Å². The molecule has 0 fully saturated rings. The molecule has 0 spiro atoms. The molecule has 4 nitrogen and oxygen atoms in total. The fourth-order valence-corrected chi connectivity index (χ4v) is 3.21. The molecule has 2 aromatic rings. The van der Waals surface area contributed by atoms with Crippen molar-refractivity contribution >= 4 is 5.91 Å². The first-order valence-corrected chi connectivity index (χ1v) is 8.80. The number of amides is 1. The van der Waals surface area contributed by atoms with E-state index in [0.717, 1.165) is 23.5 Å². The number of hydrogen-bond acceptors (Lipinski definition) is 3. The van der Waals surface area contributed by atoms with E-state index in [-0.39, 0.29) is 5.91 Å². The average Bonchev–Trinajstić information content (AvgIpc) is 2.88. The largest absolute Gasteiger partial charge is 0.493 e. The second kappa shape index (κ2) is 8.06. The summed E-state index contributed by atoms with van der Waals surface area (Å²) in [5.41, 5.74) is 2.28. The minimum absolute atomic E-state index is 0.182. The maximum Gasteiger partial charge on any atom is 0.223 e. The van der Waals surface area contributed by atoms with Crippen LogP contribution in [0.2, 0.25) is 0 Å². The van der Waals surface area contributed by atoms with E-state index in [9.17, 15) is 4.79 Å². The summed E-state index contributed by atoms with van der Waals surface area (Å²) in [5.74, 6) is 2.05. The first kappa shape index (κ1) is 17.3. The predicted molar refractivity (Wildman–Crippen MR) is 98.0 cm³/mol. The first-order valence-electron chi connectivity index (χ1n) is 8.80. The van der Waals surface area contributed by atoms with E-state index in [1.165, 1.54) is 5.56 Å². The summed E-state index contributed by atoms with van der Waals surface area (Å²) in [4.78, 5) is 14.6. The Kier molecular flexibility index (Phi) is 5.59. The first-order chi connectivity index (χ1) is 12.2. The molecule has 1 amide bonds. The van der Waals surface area contributed by atoms with Gasteiger partial charge in [-0.1, -0.05) is 49.4 Å². The highest BCUT2D eigenvalue weighted by atomic mass is 16.5. The van der Waals surface area contributed by atoms with E-state index in [1.54, 1.807) is 7.11 Å². The van der Waals surface area contributed by atoms with Gasteiger partial charge in [0.25, 0.3) is 0 Å². The number of nitrogens with zero attached hydrogens (tertiary/aromatic N) is 1. The van der Waals surface area contributed by atoms with Crippen LogP contribution in [0.4, 0.5) is 0 Å². The molecule has 132 valence electrons. The molecule has 3 rings (SSSR count).